The molecule has 1 heterocycles. The van der Waals surface area contributed by atoms with Gasteiger partial charge in [-0.1, -0.05) is 12.1 Å². The highest BCUT2D eigenvalue weighted by atomic mass is 79.9. The molecule has 1 atom stereocenters. The van der Waals surface area contributed by atoms with Gasteiger partial charge in [-0.2, -0.15) is 0 Å². The third-order valence-corrected chi connectivity index (χ3v) is 3.75. The molecule has 0 amide bonds. The highest BCUT2D eigenvalue weighted by molar-refractivity contribution is 9.10. The largest absolute Gasteiger partial charge is 0.493 e. The monoisotopic (exact) mass is 354 g/mol. The van der Waals surface area contributed by atoms with E-state index >= 15 is 0 Å². The topological polar surface area (TPSA) is 70.5 Å². The summed E-state index contributed by atoms with van der Waals surface area (Å²) in [7, 11) is 1.62. The smallest absolute Gasteiger partial charge is 0.176 e. The van der Waals surface area contributed by atoms with Crippen LogP contribution in [0.1, 0.15) is 24.7 Å². The van der Waals surface area contributed by atoms with Crippen LogP contribution in [0, 0.1) is 0 Å². The minimum Gasteiger partial charge on any atom is -0.493 e. The lowest BCUT2D eigenvalue weighted by Crippen LogP contribution is -2.21. The molecule has 1 unspecified atom stereocenters. The fraction of sp³-hybridized carbons (Fsp3) is 0.400. The van der Waals surface area contributed by atoms with Crippen molar-refractivity contribution in [1.82, 2.24) is 5.16 Å². The molecule has 0 aliphatic heterocycles. The number of hydrogen-bond acceptors (Lipinski definition) is 5. The maximum absolute atomic E-state index is 6.00. The van der Waals surface area contributed by atoms with Gasteiger partial charge in [0.15, 0.2) is 17.3 Å². The summed E-state index contributed by atoms with van der Waals surface area (Å²) < 4.78 is 17.0. The zero-order chi connectivity index (χ0) is 15.2. The minimum atomic E-state index is 0.141. The van der Waals surface area contributed by atoms with E-state index in [-0.39, 0.29) is 6.04 Å². The van der Waals surface area contributed by atoms with Gasteiger partial charge in [0.05, 0.1) is 17.8 Å². The molecule has 114 valence electrons. The number of rotatable bonds is 7. The van der Waals surface area contributed by atoms with Gasteiger partial charge < -0.3 is 19.7 Å². The molecule has 1 aromatic heterocycles. The second-order valence-corrected chi connectivity index (χ2v) is 5.60. The summed E-state index contributed by atoms with van der Waals surface area (Å²) >= 11 is 3.52. The average molecular weight is 355 g/mol. The quantitative estimate of drug-likeness (QED) is 0.825. The maximum Gasteiger partial charge on any atom is 0.176 e. The van der Waals surface area contributed by atoms with E-state index in [2.05, 4.69) is 28.0 Å². The SMILES string of the molecule is CCC(N)Cc1cc(Br)c(OCc2ccno2)c(OC)c1. The fourth-order valence-corrected chi connectivity index (χ4v) is 2.54. The molecule has 2 N–H and O–H groups in total. The van der Waals surface area contributed by atoms with Crippen LogP contribution in [0.5, 0.6) is 11.5 Å². The summed E-state index contributed by atoms with van der Waals surface area (Å²) in [5.74, 6) is 1.96. The normalized spacial score (nSPS) is 12.2. The van der Waals surface area contributed by atoms with Crippen LogP contribution in [-0.4, -0.2) is 18.3 Å². The van der Waals surface area contributed by atoms with E-state index in [0.29, 0.717) is 23.9 Å². The van der Waals surface area contributed by atoms with Gasteiger partial charge in [-0.3, -0.25) is 0 Å². The maximum atomic E-state index is 6.00. The summed E-state index contributed by atoms with van der Waals surface area (Å²) in [5, 5.41) is 3.64. The van der Waals surface area contributed by atoms with E-state index in [1.165, 1.54) is 0 Å². The van der Waals surface area contributed by atoms with Crippen LogP contribution in [0.2, 0.25) is 0 Å². The summed E-state index contributed by atoms with van der Waals surface area (Å²) in [6, 6.07) is 5.86. The van der Waals surface area contributed by atoms with Crippen molar-refractivity contribution in [2.45, 2.75) is 32.4 Å². The molecular formula is C15H19BrN2O3. The third-order valence-electron chi connectivity index (χ3n) is 3.16. The first-order valence-electron chi connectivity index (χ1n) is 6.78. The van der Waals surface area contributed by atoms with Gasteiger partial charge in [0.2, 0.25) is 0 Å². The number of benzene rings is 1. The molecule has 2 aromatic rings. The molecule has 2 rings (SSSR count). The van der Waals surface area contributed by atoms with Gasteiger partial charge in [0.25, 0.3) is 0 Å². The molecule has 6 heteroatoms. The molecule has 21 heavy (non-hydrogen) atoms. The van der Waals surface area contributed by atoms with Crippen LogP contribution < -0.4 is 15.2 Å². The molecule has 0 radical (unpaired) electrons. The zero-order valence-electron chi connectivity index (χ0n) is 12.1. The number of aromatic nitrogens is 1. The summed E-state index contributed by atoms with van der Waals surface area (Å²) in [5.41, 5.74) is 7.11. The first kappa shape index (κ1) is 15.9. The Hall–Kier alpha value is -1.53. The summed E-state index contributed by atoms with van der Waals surface area (Å²) in [6.07, 6.45) is 3.32. The van der Waals surface area contributed by atoms with Gasteiger partial charge in [-0.25, -0.2) is 0 Å². The standard InChI is InChI=1S/C15H19BrN2O3/c1-3-11(17)6-10-7-13(16)15(14(8-10)19-2)20-9-12-4-5-18-21-12/h4-5,7-8,11H,3,6,9,17H2,1-2H3. The molecule has 1 aromatic carbocycles. The Morgan fingerprint density at radius 1 is 1.43 bits per heavy atom. The van der Waals surface area contributed by atoms with Gasteiger partial charge >= 0.3 is 0 Å². The molecule has 0 aliphatic rings. The van der Waals surface area contributed by atoms with E-state index in [0.717, 1.165) is 22.9 Å². The number of ether oxygens (including phenoxy) is 2. The van der Waals surface area contributed by atoms with Gasteiger partial charge in [0, 0.05) is 12.1 Å². The van der Waals surface area contributed by atoms with Gasteiger partial charge in [-0.15, -0.1) is 0 Å². The van der Waals surface area contributed by atoms with Crippen LogP contribution in [0.4, 0.5) is 0 Å². The summed E-state index contributed by atoms with van der Waals surface area (Å²) in [6.45, 7) is 2.37. The first-order chi connectivity index (χ1) is 10.1. The fourth-order valence-electron chi connectivity index (χ4n) is 1.94. The molecular weight excluding hydrogens is 336 g/mol. The van der Waals surface area contributed by atoms with Crippen molar-refractivity contribution in [1.29, 1.82) is 0 Å². The Labute approximate surface area is 132 Å². The number of nitrogens with zero attached hydrogens (tertiary/aromatic N) is 1. The van der Waals surface area contributed by atoms with Crippen LogP contribution in [-0.2, 0) is 13.0 Å². The van der Waals surface area contributed by atoms with Crippen molar-refractivity contribution in [3.8, 4) is 11.5 Å². The van der Waals surface area contributed by atoms with Crippen LogP contribution >= 0.6 is 15.9 Å². The Bertz CT molecular complexity index is 573. The number of halogens is 1. The summed E-state index contributed by atoms with van der Waals surface area (Å²) in [4.78, 5) is 0. The minimum absolute atomic E-state index is 0.141. The van der Waals surface area contributed by atoms with Crippen molar-refractivity contribution >= 4 is 15.9 Å². The Balaban J connectivity index is 2.16. The van der Waals surface area contributed by atoms with Crippen LogP contribution in [0.3, 0.4) is 0 Å². The predicted molar refractivity (Wildman–Crippen MR) is 83.5 cm³/mol. The van der Waals surface area contributed by atoms with E-state index in [9.17, 15) is 0 Å². The van der Waals surface area contributed by atoms with Crippen molar-refractivity contribution in [3.05, 3.63) is 40.2 Å². The number of methoxy groups -OCH3 is 1. The van der Waals surface area contributed by atoms with Crippen molar-refractivity contribution in [2.24, 2.45) is 5.73 Å². The molecule has 0 spiro atoms. The average Bonchev–Trinajstić information content (AvgIpc) is 2.98. The zero-order valence-corrected chi connectivity index (χ0v) is 13.7. The van der Waals surface area contributed by atoms with Gasteiger partial charge in [0.1, 0.15) is 6.61 Å². The lowest BCUT2D eigenvalue weighted by Gasteiger charge is -2.15. The second-order valence-electron chi connectivity index (χ2n) is 4.75. The van der Waals surface area contributed by atoms with E-state index < -0.39 is 0 Å². The molecule has 0 saturated carbocycles. The highest BCUT2D eigenvalue weighted by Crippen LogP contribution is 2.37. The Kier molecular flexibility index (Phi) is 5.64. The van der Waals surface area contributed by atoms with E-state index in [4.69, 9.17) is 19.7 Å². The van der Waals surface area contributed by atoms with Crippen molar-refractivity contribution in [2.75, 3.05) is 7.11 Å². The first-order valence-corrected chi connectivity index (χ1v) is 7.57. The Morgan fingerprint density at radius 2 is 2.24 bits per heavy atom. The molecule has 0 bridgehead atoms. The predicted octanol–water partition coefficient (Wildman–Crippen LogP) is 3.30. The third kappa shape index (κ3) is 4.22. The molecule has 0 fully saturated rings. The van der Waals surface area contributed by atoms with Crippen LogP contribution in [0.25, 0.3) is 0 Å². The Morgan fingerprint density at radius 3 is 2.86 bits per heavy atom. The lowest BCUT2D eigenvalue weighted by atomic mass is 10.0. The van der Waals surface area contributed by atoms with Crippen molar-refractivity contribution in [3.63, 3.8) is 0 Å². The van der Waals surface area contributed by atoms with E-state index in [1.54, 1.807) is 19.4 Å². The van der Waals surface area contributed by atoms with Crippen LogP contribution in [0.15, 0.2) is 33.4 Å². The van der Waals surface area contributed by atoms with E-state index in [1.807, 2.05) is 12.1 Å². The molecule has 0 saturated heterocycles. The number of nitrogens with two attached hydrogens (primary N) is 1. The highest BCUT2D eigenvalue weighted by Gasteiger charge is 2.14. The molecule has 5 nitrogen and oxygen atoms in total. The number of hydrogen-bond donors (Lipinski definition) is 1. The molecule has 0 aliphatic carbocycles. The van der Waals surface area contributed by atoms with Crippen molar-refractivity contribution < 1.29 is 14.0 Å². The second kappa shape index (κ2) is 7.47. The van der Waals surface area contributed by atoms with Gasteiger partial charge in [-0.05, 0) is 46.5 Å². The lowest BCUT2D eigenvalue weighted by molar-refractivity contribution is 0.237.